The van der Waals surface area contributed by atoms with Crippen molar-refractivity contribution in [2.24, 2.45) is 0 Å². The molecule has 0 aliphatic rings. The predicted octanol–water partition coefficient (Wildman–Crippen LogP) is 2.03. The van der Waals surface area contributed by atoms with Gasteiger partial charge in [0.05, 0.1) is 52.9 Å². The molecule has 0 amide bonds. The quantitative estimate of drug-likeness (QED) is 0.405. The van der Waals surface area contributed by atoms with Crippen LogP contribution in [0.5, 0.6) is 0 Å². The van der Waals surface area contributed by atoms with Gasteiger partial charge in [-0.1, -0.05) is 20.8 Å². The van der Waals surface area contributed by atoms with Crippen LogP contribution >= 0.6 is 0 Å². The normalized spacial score (nSPS) is 11.0. The Morgan fingerprint density at radius 1 is 0.750 bits per heavy atom. The number of likely N-dealkylation sites (N-methyl/N-ethyl adjacent to an activating group) is 2. The molecule has 0 unspecified atom stereocenters. The number of rotatable bonds is 17. The summed E-state index contributed by atoms with van der Waals surface area (Å²) in [6.45, 7) is 18.5. The zero-order chi connectivity index (χ0) is 18.5. The first-order chi connectivity index (χ1) is 11.7. The van der Waals surface area contributed by atoms with Gasteiger partial charge in [-0.2, -0.15) is 0 Å². The molecule has 1 N–H and O–H groups in total. The van der Waals surface area contributed by atoms with Crippen molar-refractivity contribution < 1.29 is 18.9 Å². The molecule has 0 saturated carbocycles. The van der Waals surface area contributed by atoms with E-state index in [0.29, 0.717) is 45.7 Å². The number of hydrogen-bond acceptors (Lipinski definition) is 6. The second-order valence-corrected chi connectivity index (χ2v) is 5.38. The number of ether oxygens (including phenoxy) is 4. The SMILES string of the molecule is CC.CCNCCOCCOCCOCCOCCN(C)C(C)C. The largest absolute Gasteiger partial charge is 0.378 e. The van der Waals surface area contributed by atoms with Crippen LogP contribution in [0.4, 0.5) is 0 Å². The molecule has 0 atom stereocenters. The van der Waals surface area contributed by atoms with Crippen LogP contribution in [-0.4, -0.2) is 90.5 Å². The van der Waals surface area contributed by atoms with Crippen molar-refractivity contribution in [3.8, 4) is 0 Å². The molecule has 0 aliphatic heterocycles. The highest BCUT2D eigenvalue weighted by Gasteiger charge is 2.01. The number of nitrogens with zero attached hydrogens (tertiary/aromatic N) is 1. The Labute approximate surface area is 150 Å². The van der Waals surface area contributed by atoms with Crippen molar-refractivity contribution in [3.05, 3.63) is 0 Å². The Morgan fingerprint density at radius 2 is 1.17 bits per heavy atom. The van der Waals surface area contributed by atoms with Crippen LogP contribution in [0.15, 0.2) is 0 Å². The Hall–Kier alpha value is -0.240. The van der Waals surface area contributed by atoms with Gasteiger partial charge in [0.15, 0.2) is 0 Å². The van der Waals surface area contributed by atoms with Gasteiger partial charge in [0.25, 0.3) is 0 Å². The number of hydrogen-bond donors (Lipinski definition) is 1. The van der Waals surface area contributed by atoms with E-state index in [0.717, 1.165) is 32.8 Å². The highest BCUT2D eigenvalue weighted by atomic mass is 16.6. The van der Waals surface area contributed by atoms with Crippen molar-refractivity contribution in [1.82, 2.24) is 10.2 Å². The molecule has 0 aromatic carbocycles. The third-order valence-corrected chi connectivity index (χ3v) is 3.26. The van der Waals surface area contributed by atoms with E-state index in [1.165, 1.54) is 0 Å². The van der Waals surface area contributed by atoms with Crippen LogP contribution in [0, 0.1) is 0 Å². The molecule has 0 radical (unpaired) electrons. The molecule has 0 aromatic rings. The zero-order valence-electron chi connectivity index (χ0n) is 16.9. The smallest absolute Gasteiger partial charge is 0.0701 e. The first-order valence-electron chi connectivity index (χ1n) is 9.40. The molecule has 0 aliphatic carbocycles. The Balaban J connectivity index is 0. The van der Waals surface area contributed by atoms with Gasteiger partial charge in [-0.15, -0.1) is 0 Å². The van der Waals surface area contributed by atoms with Crippen LogP contribution < -0.4 is 5.32 Å². The van der Waals surface area contributed by atoms with Gasteiger partial charge >= 0.3 is 0 Å². The molecule has 0 aromatic heterocycles. The van der Waals surface area contributed by atoms with Crippen molar-refractivity contribution >= 4 is 0 Å². The summed E-state index contributed by atoms with van der Waals surface area (Å²) in [5, 5.41) is 3.20. The van der Waals surface area contributed by atoms with Gasteiger partial charge in [0.1, 0.15) is 0 Å². The van der Waals surface area contributed by atoms with Gasteiger partial charge in [-0.3, -0.25) is 0 Å². The summed E-state index contributed by atoms with van der Waals surface area (Å²) in [6, 6.07) is 0.559. The lowest BCUT2D eigenvalue weighted by atomic mass is 10.3. The molecular weight excluding hydrogens is 308 g/mol. The van der Waals surface area contributed by atoms with Gasteiger partial charge in [0, 0.05) is 19.1 Å². The molecule has 148 valence electrons. The van der Waals surface area contributed by atoms with Gasteiger partial charge in [-0.05, 0) is 27.4 Å². The maximum Gasteiger partial charge on any atom is 0.0701 e. The monoisotopic (exact) mass is 350 g/mol. The van der Waals surface area contributed by atoms with Crippen LogP contribution in [0.25, 0.3) is 0 Å². The van der Waals surface area contributed by atoms with Crippen molar-refractivity contribution in [2.75, 3.05) is 79.5 Å². The molecule has 0 spiro atoms. The summed E-state index contributed by atoms with van der Waals surface area (Å²) < 4.78 is 21.7. The van der Waals surface area contributed by atoms with Crippen molar-refractivity contribution in [2.45, 2.75) is 40.7 Å². The second kappa shape index (κ2) is 22.8. The van der Waals surface area contributed by atoms with E-state index in [2.05, 4.69) is 38.0 Å². The minimum Gasteiger partial charge on any atom is -0.378 e. The molecular formula is C18H42N2O4. The average molecular weight is 351 g/mol. The van der Waals surface area contributed by atoms with Crippen molar-refractivity contribution in [3.63, 3.8) is 0 Å². The van der Waals surface area contributed by atoms with Gasteiger partial charge < -0.3 is 29.2 Å². The van der Waals surface area contributed by atoms with E-state index >= 15 is 0 Å². The summed E-state index contributed by atoms with van der Waals surface area (Å²) in [4.78, 5) is 2.26. The van der Waals surface area contributed by atoms with Gasteiger partial charge in [-0.25, -0.2) is 0 Å². The highest BCUT2D eigenvalue weighted by molar-refractivity contribution is 4.55. The lowest BCUT2D eigenvalue weighted by molar-refractivity contribution is -0.00354. The maximum absolute atomic E-state index is 5.51. The van der Waals surface area contributed by atoms with Crippen LogP contribution in [0.1, 0.15) is 34.6 Å². The summed E-state index contributed by atoms with van der Waals surface area (Å²) in [6.07, 6.45) is 0. The fourth-order valence-corrected chi connectivity index (χ4v) is 1.55. The van der Waals surface area contributed by atoms with Gasteiger partial charge in [0.2, 0.25) is 0 Å². The Bertz CT molecular complexity index is 219. The molecule has 0 heterocycles. The van der Waals surface area contributed by atoms with Crippen LogP contribution in [0.2, 0.25) is 0 Å². The molecule has 0 bridgehead atoms. The third-order valence-electron chi connectivity index (χ3n) is 3.26. The van der Waals surface area contributed by atoms with Crippen LogP contribution in [-0.2, 0) is 18.9 Å². The molecule has 0 fully saturated rings. The topological polar surface area (TPSA) is 52.2 Å². The Morgan fingerprint density at radius 3 is 1.58 bits per heavy atom. The molecule has 0 saturated heterocycles. The van der Waals surface area contributed by atoms with E-state index < -0.39 is 0 Å². The molecule has 6 nitrogen and oxygen atoms in total. The van der Waals surface area contributed by atoms with E-state index in [-0.39, 0.29) is 0 Å². The van der Waals surface area contributed by atoms with E-state index in [1.807, 2.05) is 13.8 Å². The standard InChI is InChI=1S/C16H36N2O4.C2H6/c1-5-17-6-8-19-10-12-21-14-15-22-13-11-20-9-7-18(4)16(2)3;1-2/h16-17H,5-15H2,1-4H3;1-2H3. The fraction of sp³-hybridized carbons (Fsp3) is 1.00. The summed E-state index contributed by atoms with van der Waals surface area (Å²) in [5.41, 5.74) is 0. The summed E-state index contributed by atoms with van der Waals surface area (Å²) in [7, 11) is 2.10. The molecule has 6 heteroatoms. The summed E-state index contributed by atoms with van der Waals surface area (Å²) in [5.74, 6) is 0. The second-order valence-electron chi connectivity index (χ2n) is 5.38. The zero-order valence-corrected chi connectivity index (χ0v) is 16.9. The predicted molar refractivity (Wildman–Crippen MR) is 101 cm³/mol. The number of nitrogens with one attached hydrogen (secondary N) is 1. The lowest BCUT2D eigenvalue weighted by Crippen LogP contribution is -2.30. The third kappa shape index (κ3) is 21.8. The van der Waals surface area contributed by atoms with E-state index in [4.69, 9.17) is 18.9 Å². The highest BCUT2D eigenvalue weighted by Crippen LogP contribution is 1.92. The average Bonchev–Trinajstić information content (AvgIpc) is 2.59. The first kappa shape index (κ1) is 26.0. The fourth-order valence-electron chi connectivity index (χ4n) is 1.55. The molecule has 0 rings (SSSR count). The van der Waals surface area contributed by atoms with Crippen LogP contribution in [0.3, 0.4) is 0 Å². The van der Waals surface area contributed by atoms with E-state index in [1.54, 1.807) is 0 Å². The molecule has 24 heavy (non-hydrogen) atoms. The summed E-state index contributed by atoms with van der Waals surface area (Å²) >= 11 is 0. The maximum atomic E-state index is 5.51. The minimum absolute atomic E-state index is 0.559. The lowest BCUT2D eigenvalue weighted by Gasteiger charge is -2.20. The minimum atomic E-state index is 0.559. The first-order valence-corrected chi connectivity index (χ1v) is 9.40. The van der Waals surface area contributed by atoms with E-state index in [9.17, 15) is 0 Å². The Kier molecular flexibility index (Phi) is 24.7. The van der Waals surface area contributed by atoms with Crippen molar-refractivity contribution in [1.29, 1.82) is 0 Å².